The molecule has 0 aliphatic carbocycles. The van der Waals surface area contributed by atoms with Gasteiger partial charge < -0.3 is 13.9 Å². The second-order valence-electron chi connectivity index (χ2n) is 3.61. The summed E-state index contributed by atoms with van der Waals surface area (Å²) in [5.41, 5.74) is 0.835. The van der Waals surface area contributed by atoms with Gasteiger partial charge in [-0.1, -0.05) is 0 Å². The van der Waals surface area contributed by atoms with Crippen LogP contribution in [0.25, 0.3) is 0 Å². The molecule has 1 aromatic heterocycles. The lowest BCUT2D eigenvalue weighted by Crippen LogP contribution is -1.97. The van der Waals surface area contributed by atoms with Gasteiger partial charge >= 0.3 is 0 Å². The zero-order valence-electron chi connectivity index (χ0n) is 9.94. The molecule has 1 aromatic carbocycles. The molecule has 2 rings (SSSR count). The Balaban J connectivity index is 2.38. The summed E-state index contributed by atoms with van der Waals surface area (Å²) < 4.78 is 16.6. The normalized spacial score (nSPS) is 12.2. The van der Waals surface area contributed by atoms with Crippen LogP contribution in [0.2, 0.25) is 0 Å². The van der Waals surface area contributed by atoms with Gasteiger partial charge in [0.05, 0.1) is 14.2 Å². The average Bonchev–Trinajstić information content (AvgIpc) is 2.83. The number of methoxy groups -OCH3 is 2. The number of alkyl halides is 1. The van der Waals surface area contributed by atoms with Crippen molar-refractivity contribution in [3.63, 3.8) is 0 Å². The Hall–Kier alpha value is -1.13. The minimum atomic E-state index is -0.405. The first kappa shape index (κ1) is 13.3. The van der Waals surface area contributed by atoms with Gasteiger partial charge in [0.25, 0.3) is 0 Å². The maximum atomic E-state index is 6.39. The first-order valence-corrected chi connectivity index (χ1v) is 6.50. The number of ether oxygens (including phenoxy) is 2. The molecule has 0 spiro atoms. The third-order valence-electron chi connectivity index (χ3n) is 2.56. The summed E-state index contributed by atoms with van der Waals surface area (Å²) in [5.74, 6) is 2.05. The molecule has 2 aromatic rings. The molecule has 18 heavy (non-hydrogen) atoms. The molecule has 5 heteroatoms. The van der Waals surface area contributed by atoms with Gasteiger partial charge in [-0.05, 0) is 40.2 Å². The second kappa shape index (κ2) is 5.67. The second-order valence-corrected chi connectivity index (χ2v) is 4.83. The van der Waals surface area contributed by atoms with Crippen LogP contribution < -0.4 is 9.47 Å². The molecule has 0 N–H and O–H groups in total. The molecule has 3 nitrogen and oxygen atoms in total. The van der Waals surface area contributed by atoms with E-state index in [0.717, 1.165) is 11.3 Å². The molecule has 1 unspecified atom stereocenters. The molecular weight excluding hydrogens is 319 g/mol. The van der Waals surface area contributed by atoms with E-state index in [1.54, 1.807) is 26.4 Å². The maximum absolute atomic E-state index is 6.39. The lowest BCUT2D eigenvalue weighted by Gasteiger charge is -2.13. The number of hydrogen-bond donors (Lipinski definition) is 0. The van der Waals surface area contributed by atoms with Crippen LogP contribution in [0, 0.1) is 0 Å². The zero-order valence-corrected chi connectivity index (χ0v) is 12.3. The fourth-order valence-electron chi connectivity index (χ4n) is 1.65. The van der Waals surface area contributed by atoms with Crippen LogP contribution in [0.4, 0.5) is 0 Å². The molecule has 1 heterocycles. The predicted octanol–water partition coefficient (Wildman–Crippen LogP) is 4.39. The lowest BCUT2D eigenvalue weighted by molar-refractivity contribution is 0.390. The van der Waals surface area contributed by atoms with E-state index in [-0.39, 0.29) is 0 Å². The van der Waals surface area contributed by atoms with Crippen molar-refractivity contribution in [1.29, 1.82) is 0 Å². The van der Waals surface area contributed by atoms with Crippen molar-refractivity contribution in [2.75, 3.05) is 14.2 Å². The van der Waals surface area contributed by atoms with Gasteiger partial charge in [0, 0.05) is 11.6 Å². The number of rotatable bonds is 4. The van der Waals surface area contributed by atoms with Crippen LogP contribution in [0.3, 0.4) is 0 Å². The summed E-state index contributed by atoms with van der Waals surface area (Å²) in [4.78, 5) is 0. The van der Waals surface area contributed by atoms with Crippen molar-refractivity contribution >= 4 is 27.5 Å². The van der Waals surface area contributed by atoms with E-state index in [4.69, 9.17) is 25.5 Å². The first-order chi connectivity index (χ1) is 8.65. The number of halogens is 2. The topological polar surface area (TPSA) is 31.6 Å². The average molecular weight is 332 g/mol. The lowest BCUT2D eigenvalue weighted by atomic mass is 10.1. The Morgan fingerprint density at radius 3 is 2.50 bits per heavy atom. The number of benzene rings is 1. The smallest absolute Gasteiger partial charge is 0.169 e. The van der Waals surface area contributed by atoms with Gasteiger partial charge in [-0.3, -0.25) is 0 Å². The van der Waals surface area contributed by atoms with E-state index in [0.29, 0.717) is 16.2 Å². The fraction of sp³-hybridized carbons (Fsp3) is 0.231. The van der Waals surface area contributed by atoms with Crippen molar-refractivity contribution < 1.29 is 13.9 Å². The highest BCUT2D eigenvalue weighted by molar-refractivity contribution is 9.10. The summed E-state index contributed by atoms with van der Waals surface area (Å²) in [5, 5.41) is -0.405. The van der Waals surface area contributed by atoms with Crippen molar-refractivity contribution in [2.24, 2.45) is 0 Å². The van der Waals surface area contributed by atoms with E-state index in [2.05, 4.69) is 15.9 Å². The fourth-order valence-corrected chi connectivity index (χ4v) is 2.26. The highest BCUT2D eigenvalue weighted by Gasteiger charge is 2.19. The Morgan fingerprint density at radius 2 is 1.94 bits per heavy atom. The molecular formula is C13H12BrClO3. The van der Waals surface area contributed by atoms with Gasteiger partial charge in [-0.25, -0.2) is 0 Å². The third kappa shape index (κ3) is 2.65. The maximum Gasteiger partial charge on any atom is 0.169 e. The number of hydrogen-bond acceptors (Lipinski definition) is 3. The summed E-state index contributed by atoms with van der Waals surface area (Å²) in [6, 6.07) is 9.13. The standard InChI is InChI=1S/C13H12BrClO3/c1-16-8-3-4-9(11(7-8)17-2)13(15)10-5-6-12(14)18-10/h3-7,13H,1-2H3. The van der Waals surface area contributed by atoms with Gasteiger partial charge in [0.1, 0.15) is 22.6 Å². The van der Waals surface area contributed by atoms with E-state index < -0.39 is 5.38 Å². The summed E-state index contributed by atoms with van der Waals surface area (Å²) in [7, 11) is 3.20. The minimum Gasteiger partial charge on any atom is -0.497 e. The molecule has 0 fully saturated rings. The van der Waals surface area contributed by atoms with Crippen LogP contribution in [0.1, 0.15) is 16.7 Å². The molecule has 0 amide bonds. The molecule has 0 radical (unpaired) electrons. The van der Waals surface area contributed by atoms with E-state index in [1.165, 1.54) is 0 Å². The molecule has 0 saturated carbocycles. The largest absolute Gasteiger partial charge is 0.497 e. The molecule has 1 atom stereocenters. The molecule has 96 valence electrons. The summed E-state index contributed by atoms with van der Waals surface area (Å²) in [6.07, 6.45) is 0. The van der Waals surface area contributed by atoms with Crippen LogP contribution in [-0.4, -0.2) is 14.2 Å². The Kier molecular flexibility index (Phi) is 4.19. The van der Waals surface area contributed by atoms with Gasteiger partial charge in [0.2, 0.25) is 0 Å². The molecule has 0 aliphatic rings. The van der Waals surface area contributed by atoms with E-state index >= 15 is 0 Å². The van der Waals surface area contributed by atoms with Crippen molar-refractivity contribution in [3.05, 3.63) is 46.3 Å². The first-order valence-electron chi connectivity index (χ1n) is 5.27. The zero-order chi connectivity index (χ0) is 13.1. The quantitative estimate of drug-likeness (QED) is 0.779. The van der Waals surface area contributed by atoms with Crippen LogP contribution >= 0.6 is 27.5 Å². The highest BCUT2D eigenvalue weighted by atomic mass is 79.9. The molecule has 0 aliphatic heterocycles. The van der Waals surface area contributed by atoms with Crippen LogP contribution in [0.5, 0.6) is 11.5 Å². The van der Waals surface area contributed by atoms with Gasteiger partial charge in [-0.2, -0.15) is 0 Å². The van der Waals surface area contributed by atoms with E-state index in [9.17, 15) is 0 Å². The third-order valence-corrected chi connectivity index (χ3v) is 3.43. The van der Waals surface area contributed by atoms with Crippen molar-refractivity contribution in [2.45, 2.75) is 5.38 Å². The van der Waals surface area contributed by atoms with Crippen LogP contribution in [-0.2, 0) is 0 Å². The Bertz CT molecular complexity index is 539. The Morgan fingerprint density at radius 1 is 1.17 bits per heavy atom. The summed E-state index contributed by atoms with van der Waals surface area (Å²) >= 11 is 9.64. The monoisotopic (exact) mass is 330 g/mol. The highest BCUT2D eigenvalue weighted by Crippen LogP contribution is 2.38. The van der Waals surface area contributed by atoms with Gasteiger partial charge in [0.15, 0.2) is 4.67 Å². The SMILES string of the molecule is COc1ccc(C(Cl)c2ccc(Br)o2)c(OC)c1. The van der Waals surface area contributed by atoms with Crippen molar-refractivity contribution in [3.8, 4) is 11.5 Å². The minimum absolute atomic E-state index is 0.405. The summed E-state index contributed by atoms with van der Waals surface area (Å²) in [6.45, 7) is 0. The van der Waals surface area contributed by atoms with Crippen LogP contribution in [0.15, 0.2) is 39.4 Å². The molecule has 0 bridgehead atoms. The Labute approximate surface area is 119 Å². The van der Waals surface area contributed by atoms with Gasteiger partial charge in [-0.15, -0.1) is 11.6 Å². The predicted molar refractivity (Wildman–Crippen MR) is 73.7 cm³/mol. The van der Waals surface area contributed by atoms with Crippen molar-refractivity contribution in [1.82, 2.24) is 0 Å². The number of furan rings is 1. The van der Waals surface area contributed by atoms with E-state index in [1.807, 2.05) is 18.2 Å². The molecule has 0 saturated heterocycles.